The molecular weight excluding hydrogens is 230 g/mol. The maximum atomic E-state index is 11.0. The lowest BCUT2D eigenvalue weighted by Crippen LogP contribution is -2.50. The van der Waals surface area contributed by atoms with E-state index in [0.717, 1.165) is 25.5 Å². The molecule has 0 radical (unpaired) electrons. The summed E-state index contributed by atoms with van der Waals surface area (Å²) >= 11 is 0. The van der Waals surface area contributed by atoms with Crippen molar-refractivity contribution in [3.63, 3.8) is 0 Å². The number of hydrogen-bond donors (Lipinski definition) is 1. The van der Waals surface area contributed by atoms with Crippen molar-refractivity contribution in [1.82, 2.24) is 9.88 Å². The lowest BCUT2D eigenvalue weighted by atomic mass is 10.1. The molecule has 2 heterocycles. The van der Waals surface area contributed by atoms with Crippen LogP contribution in [0.2, 0.25) is 0 Å². The van der Waals surface area contributed by atoms with Crippen LogP contribution in [0.5, 0.6) is 0 Å². The van der Waals surface area contributed by atoms with E-state index in [1.807, 2.05) is 0 Å². The standard InChI is InChI=1S/C13H19N3O2/c1-9-8-15(3)6-7-16(9)12-5-4-11(13(17)18)10(2)14-12/h4-5,9H,6-8H2,1-3H3,(H,17,18). The zero-order chi connectivity index (χ0) is 13.3. The van der Waals surface area contributed by atoms with Gasteiger partial charge in [0.15, 0.2) is 0 Å². The summed E-state index contributed by atoms with van der Waals surface area (Å²) in [5.74, 6) is -0.0453. The lowest BCUT2D eigenvalue weighted by Gasteiger charge is -2.39. The van der Waals surface area contributed by atoms with Crippen molar-refractivity contribution in [2.24, 2.45) is 0 Å². The molecule has 1 aliphatic rings. The molecule has 5 heteroatoms. The highest BCUT2D eigenvalue weighted by atomic mass is 16.4. The van der Waals surface area contributed by atoms with Crippen LogP contribution < -0.4 is 4.90 Å². The van der Waals surface area contributed by atoms with Gasteiger partial charge in [-0.15, -0.1) is 0 Å². The zero-order valence-electron chi connectivity index (χ0n) is 11.1. The molecule has 1 fully saturated rings. The molecule has 1 aromatic heterocycles. The van der Waals surface area contributed by atoms with Gasteiger partial charge in [0.05, 0.1) is 11.3 Å². The summed E-state index contributed by atoms with van der Waals surface area (Å²) in [7, 11) is 2.11. The Kier molecular flexibility index (Phi) is 3.52. The normalized spacial score (nSPS) is 21.1. The molecule has 0 bridgehead atoms. The quantitative estimate of drug-likeness (QED) is 0.854. The Morgan fingerprint density at radius 1 is 1.44 bits per heavy atom. The van der Waals surface area contributed by atoms with Crippen LogP contribution in [0, 0.1) is 6.92 Å². The number of carboxylic acid groups (broad SMARTS) is 1. The van der Waals surface area contributed by atoms with E-state index in [1.165, 1.54) is 0 Å². The van der Waals surface area contributed by atoms with Gasteiger partial charge in [-0.25, -0.2) is 9.78 Å². The first kappa shape index (κ1) is 12.8. The van der Waals surface area contributed by atoms with E-state index in [0.29, 0.717) is 11.7 Å². The van der Waals surface area contributed by atoms with Gasteiger partial charge in [0, 0.05) is 25.7 Å². The Bertz CT molecular complexity index is 462. The molecule has 5 nitrogen and oxygen atoms in total. The molecule has 0 spiro atoms. The first-order valence-corrected chi connectivity index (χ1v) is 6.15. The minimum absolute atomic E-state index is 0.278. The van der Waals surface area contributed by atoms with Crippen LogP contribution in [0.15, 0.2) is 12.1 Å². The Hall–Kier alpha value is -1.62. The molecule has 0 amide bonds. The van der Waals surface area contributed by atoms with Crippen LogP contribution in [0.4, 0.5) is 5.82 Å². The predicted molar refractivity (Wildman–Crippen MR) is 70.2 cm³/mol. The summed E-state index contributed by atoms with van der Waals surface area (Å²) in [6.45, 7) is 6.84. The summed E-state index contributed by atoms with van der Waals surface area (Å²) in [5.41, 5.74) is 0.853. The second-order valence-corrected chi connectivity index (χ2v) is 4.91. The number of likely N-dealkylation sites (N-methyl/N-ethyl adjacent to an activating group) is 1. The van der Waals surface area contributed by atoms with Gasteiger partial charge in [-0.3, -0.25) is 0 Å². The second-order valence-electron chi connectivity index (χ2n) is 4.91. The van der Waals surface area contributed by atoms with Crippen molar-refractivity contribution in [2.75, 3.05) is 31.6 Å². The van der Waals surface area contributed by atoms with Crippen LogP contribution in [0.1, 0.15) is 23.0 Å². The number of nitrogens with zero attached hydrogens (tertiary/aromatic N) is 3. The number of aromatic carboxylic acids is 1. The summed E-state index contributed by atoms with van der Waals surface area (Å²) in [5, 5.41) is 8.99. The largest absolute Gasteiger partial charge is 0.478 e. The minimum atomic E-state index is -0.919. The molecule has 1 unspecified atom stereocenters. The molecule has 1 aromatic rings. The van der Waals surface area contributed by atoms with Crippen LogP contribution in [0.3, 0.4) is 0 Å². The van der Waals surface area contributed by atoms with Crippen molar-refractivity contribution in [3.8, 4) is 0 Å². The van der Waals surface area contributed by atoms with Crippen LogP contribution in [0.25, 0.3) is 0 Å². The van der Waals surface area contributed by atoms with Gasteiger partial charge in [-0.1, -0.05) is 0 Å². The van der Waals surface area contributed by atoms with Crippen LogP contribution in [-0.4, -0.2) is 53.7 Å². The SMILES string of the molecule is Cc1nc(N2CCN(C)CC2C)ccc1C(=O)O. The van der Waals surface area contributed by atoms with E-state index in [4.69, 9.17) is 5.11 Å². The van der Waals surface area contributed by atoms with Crippen LogP contribution in [-0.2, 0) is 0 Å². The number of hydrogen-bond acceptors (Lipinski definition) is 4. The first-order chi connectivity index (χ1) is 8.49. The average molecular weight is 249 g/mol. The highest BCUT2D eigenvalue weighted by molar-refractivity contribution is 5.89. The molecular formula is C13H19N3O2. The molecule has 2 rings (SSSR count). The van der Waals surface area contributed by atoms with Crippen molar-refractivity contribution < 1.29 is 9.90 Å². The third-order valence-electron chi connectivity index (χ3n) is 3.43. The van der Waals surface area contributed by atoms with Crippen molar-refractivity contribution in [1.29, 1.82) is 0 Å². The predicted octanol–water partition coefficient (Wildman–Crippen LogP) is 1.23. The molecule has 1 aliphatic heterocycles. The fourth-order valence-corrected chi connectivity index (χ4v) is 2.41. The molecule has 98 valence electrons. The van der Waals surface area contributed by atoms with Gasteiger partial charge >= 0.3 is 5.97 Å². The van der Waals surface area contributed by atoms with Gasteiger partial charge in [0.25, 0.3) is 0 Å². The fraction of sp³-hybridized carbons (Fsp3) is 0.538. The molecule has 18 heavy (non-hydrogen) atoms. The van der Waals surface area contributed by atoms with E-state index >= 15 is 0 Å². The molecule has 0 aliphatic carbocycles. The number of piperazine rings is 1. The van der Waals surface area contributed by atoms with Crippen molar-refractivity contribution in [3.05, 3.63) is 23.4 Å². The van der Waals surface area contributed by atoms with E-state index in [-0.39, 0.29) is 5.56 Å². The third-order valence-corrected chi connectivity index (χ3v) is 3.43. The number of carbonyl (C=O) groups is 1. The van der Waals surface area contributed by atoms with Crippen molar-refractivity contribution >= 4 is 11.8 Å². The van der Waals surface area contributed by atoms with Crippen LogP contribution >= 0.6 is 0 Å². The summed E-state index contributed by atoms with van der Waals surface area (Å²) in [6.07, 6.45) is 0. The lowest BCUT2D eigenvalue weighted by molar-refractivity contribution is 0.0695. The third kappa shape index (κ3) is 2.46. The Morgan fingerprint density at radius 2 is 2.17 bits per heavy atom. The maximum Gasteiger partial charge on any atom is 0.337 e. The highest BCUT2D eigenvalue weighted by Crippen LogP contribution is 2.19. The number of pyridine rings is 1. The summed E-state index contributed by atoms with van der Waals surface area (Å²) in [4.78, 5) is 19.9. The van der Waals surface area contributed by atoms with Gasteiger partial charge in [-0.2, -0.15) is 0 Å². The van der Waals surface area contributed by atoms with E-state index < -0.39 is 5.97 Å². The number of carboxylic acids is 1. The summed E-state index contributed by atoms with van der Waals surface area (Å²) in [6, 6.07) is 3.84. The fourth-order valence-electron chi connectivity index (χ4n) is 2.41. The van der Waals surface area contributed by atoms with E-state index in [9.17, 15) is 4.79 Å². The van der Waals surface area contributed by atoms with Gasteiger partial charge in [0.1, 0.15) is 5.82 Å². The van der Waals surface area contributed by atoms with E-state index in [2.05, 4.69) is 28.8 Å². The van der Waals surface area contributed by atoms with E-state index in [1.54, 1.807) is 19.1 Å². The van der Waals surface area contributed by atoms with Gasteiger partial charge in [-0.05, 0) is 33.0 Å². The smallest absolute Gasteiger partial charge is 0.337 e. The average Bonchev–Trinajstić information content (AvgIpc) is 2.28. The molecule has 1 N–H and O–H groups in total. The highest BCUT2D eigenvalue weighted by Gasteiger charge is 2.23. The first-order valence-electron chi connectivity index (χ1n) is 6.15. The Balaban J connectivity index is 2.24. The molecule has 0 aromatic carbocycles. The summed E-state index contributed by atoms with van der Waals surface area (Å²) < 4.78 is 0. The molecule has 1 saturated heterocycles. The number of aryl methyl sites for hydroxylation is 1. The Morgan fingerprint density at radius 3 is 2.72 bits per heavy atom. The maximum absolute atomic E-state index is 11.0. The molecule has 0 saturated carbocycles. The minimum Gasteiger partial charge on any atom is -0.478 e. The Labute approximate surface area is 107 Å². The number of aromatic nitrogens is 1. The zero-order valence-corrected chi connectivity index (χ0v) is 11.1. The topological polar surface area (TPSA) is 56.7 Å². The van der Waals surface area contributed by atoms with Gasteiger partial charge < -0.3 is 14.9 Å². The molecule has 1 atom stereocenters. The number of rotatable bonds is 2. The monoisotopic (exact) mass is 249 g/mol. The number of anilines is 1. The second kappa shape index (κ2) is 4.94. The van der Waals surface area contributed by atoms with Gasteiger partial charge in [0.2, 0.25) is 0 Å². The van der Waals surface area contributed by atoms with Crippen molar-refractivity contribution in [2.45, 2.75) is 19.9 Å².